The molecule has 0 unspecified atom stereocenters. The highest BCUT2D eigenvalue weighted by Gasteiger charge is 2.16. The summed E-state index contributed by atoms with van der Waals surface area (Å²) in [5.74, 6) is 0.455. The fourth-order valence-electron chi connectivity index (χ4n) is 2.83. The van der Waals surface area contributed by atoms with Gasteiger partial charge in [0.25, 0.3) is 0 Å². The summed E-state index contributed by atoms with van der Waals surface area (Å²) in [6, 6.07) is 0.351. The number of hydrogen-bond acceptors (Lipinski definition) is 5. The first-order valence-electron chi connectivity index (χ1n) is 7.44. The molecule has 2 heterocycles. The number of nitrogens with one attached hydrogen (secondary N) is 1. The third-order valence-electron chi connectivity index (χ3n) is 3.98. The number of amides is 1. The minimum absolute atomic E-state index is 0.0887. The van der Waals surface area contributed by atoms with Crippen molar-refractivity contribution in [1.29, 1.82) is 0 Å². The molecule has 0 atom stereocenters. The van der Waals surface area contributed by atoms with Gasteiger partial charge in [0.1, 0.15) is 11.8 Å². The van der Waals surface area contributed by atoms with E-state index in [4.69, 9.17) is 5.73 Å². The van der Waals surface area contributed by atoms with Gasteiger partial charge in [-0.15, -0.1) is 0 Å². The van der Waals surface area contributed by atoms with Gasteiger partial charge in [-0.3, -0.25) is 4.79 Å². The Balaban J connectivity index is 1.58. The Kier molecular flexibility index (Phi) is 3.98. The number of hydrogen-bond donors (Lipinski definition) is 2. The maximum absolute atomic E-state index is 12.0. The van der Waals surface area contributed by atoms with Crippen molar-refractivity contribution >= 4 is 22.9 Å². The number of anilines is 1. The lowest BCUT2D eigenvalue weighted by molar-refractivity contribution is -0.122. The molecule has 3 N–H and O–H groups in total. The molecule has 0 radical (unpaired) electrons. The maximum Gasteiger partial charge on any atom is 0.222 e. The summed E-state index contributed by atoms with van der Waals surface area (Å²) in [6.45, 7) is 0.547. The fourth-order valence-corrected chi connectivity index (χ4v) is 2.83. The number of aryl methyl sites for hydroxylation is 1. The topological polar surface area (TPSA) is 98.7 Å². The number of nitrogens with zero attached hydrogens (tertiary/aromatic N) is 4. The van der Waals surface area contributed by atoms with Gasteiger partial charge in [-0.1, -0.05) is 19.3 Å². The Hall–Kier alpha value is -2.18. The average molecular weight is 288 g/mol. The van der Waals surface area contributed by atoms with Crippen LogP contribution in [0.4, 0.5) is 5.82 Å². The quantitative estimate of drug-likeness (QED) is 0.882. The second-order valence-electron chi connectivity index (χ2n) is 5.52. The number of fused-ring (bicyclic) bond motifs is 1. The fraction of sp³-hybridized carbons (Fsp3) is 0.571. The second kappa shape index (κ2) is 6.07. The molecule has 0 spiro atoms. The molecule has 0 aromatic carbocycles. The molecular formula is C14H20N6O. The van der Waals surface area contributed by atoms with Crippen molar-refractivity contribution in [3.8, 4) is 0 Å². The second-order valence-corrected chi connectivity index (χ2v) is 5.52. The minimum atomic E-state index is 0.0887. The largest absolute Gasteiger partial charge is 0.382 e. The van der Waals surface area contributed by atoms with E-state index < -0.39 is 0 Å². The van der Waals surface area contributed by atoms with Gasteiger partial charge >= 0.3 is 0 Å². The van der Waals surface area contributed by atoms with Crippen LogP contribution in [0.25, 0.3) is 11.2 Å². The van der Waals surface area contributed by atoms with Crippen molar-refractivity contribution in [2.75, 3.05) is 5.73 Å². The van der Waals surface area contributed by atoms with E-state index in [0.29, 0.717) is 36.0 Å². The highest BCUT2D eigenvalue weighted by molar-refractivity contribution is 5.81. The first kappa shape index (κ1) is 13.8. The summed E-state index contributed by atoms with van der Waals surface area (Å²) in [5, 5.41) is 3.11. The van der Waals surface area contributed by atoms with Crippen molar-refractivity contribution in [1.82, 2.24) is 24.8 Å². The van der Waals surface area contributed by atoms with Crippen LogP contribution in [0, 0.1) is 0 Å². The van der Waals surface area contributed by atoms with Crippen molar-refractivity contribution in [3.63, 3.8) is 0 Å². The molecule has 21 heavy (non-hydrogen) atoms. The van der Waals surface area contributed by atoms with Crippen LogP contribution in [0.1, 0.15) is 38.5 Å². The summed E-state index contributed by atoms with van der Waals surface area (Å²) in [5.41, 5.74) is 7.01. The van der Waals surface area contributed by atoms with Gasteiger partial charge in [0, 0.05) is 19.0 Å². The number of imidazole rings is 1. The lowest BCUT2D eigenvalue weighted by Crippen LogP contribution is -2.36. The third-order valence-corrected chi connectivity index (χ3v) is 3.98. The zero-order valence-electron chi connectivity index (χ0n) is 12.0. The number of aromatic nitrogens is 4. The Labute approximate surface area is 123 Å². The zero-order valence-corrected chi connectivity index (χ0v) is 12.0. The maximum atomic E-state index is 12.0. The molecule has 7 nitrogen and oxygen atoms in total. The molecule has 1 aliphatic rings. The van der Waals surface area contributed by atoms with Crippen LogP contribution in [0.5, 0.6) is 0 Å². The van der Waals surface area contributed by atoms with E-state index in [1.54, 1.807) is 6.33 Å². The summed E-state index contributed by atoms with van der Waals surface area (Å²) in [6.07, 6.45) is 9.41. The Morgan fingerprint density at radius 3 is 2.90 bits per heavy atom. The van der Waals surface area contributed by atoms with E-state index in [9.17, 15) is 4.79 Å². The molecule has 7 heteroatoms. The van der Waals surface area contributed by atoms with E-state index in [0.717, 1.165) is 12.8 Å². The SMILES string of the molecule is Nc1ncnc2c1ncn2CCC(=O)NC1CCCCC1. The van der Waals surface area contributed by atoms with Gasteiger partial charge in [0.05, 0.1) is 6.33 Å². The molecule has 1 amide bonds. The van der Waals surface area contributed by atoms with E-state index in [1.807, 2.05) is 4.57 Å². The van der Waals surface area contributed by atoms with Gasteiger partial charge in [-0.05, 0) is 12.8 Å². The van der Waals surface area contributed by atoms with Crippen molar-refractivity contribution in [3.05, 3.63) is 12.7 Å². The summed E-state index contributed by atoms with van der Waals surface area (Å²) in [7, 11) is 0. The number of rotatable bonds is 4. The van der Waals surface area contributed by atoms with Gasteiger partial charge in [0.15, 0.2) is 11.5 Å². The van der Waals surface area contributed by atoms with Crippen molar-refractivity contribution in [2.24, 2.45) is 0 Å². The van der Waals surface area contributed by atoms with E-state index in [1.165, 1.54) is 25.6 Å². The molecule has 112 valence electrons. The molecule has 1 fully saturated rings. The van der Waals surface area contributed by atoms with E-state index in [2.05, 4.69) is 20.3 Å². The number of nitrogens with two attached hydrogens (primary N) is 1. The first-order chi connectivity index (χ1) is 10.2. The number of nitrogen functional groups attached to an aromatic ring is 1. The van der Waals surface area contributed by atoms with Gasteiger partial charge < -0.3 is 15.6 Å². The van der Waals surface area contributed by atoms with Gasteiger partial charge in [-0.25, -0.2) is 15.0 Å². The number of carbonyl (C=O) groups is 1. The monoisotopic (exact) mass is 288 g/mol. The molecule has 1 aliphatic carbocycles. The van der Waals surface area contributed by atoms with Crippen molar-refractivity contribution < 1.29 is 4.79 Å². The van der Waals surface area contributed by atoms with Crippen LogP contribution >= 0.6 is 0 Å². The highest BCUT2D eigenvalue weighted by atomic mass is 16.1. The predicted octanol–water partition coefficient (Wildman–Crippen LogP) is 1.25. The predicted molar refractivity (Wildman–Crippen MR) is 79.4 cm³/mol. The third kappa shape index (κ3) is 3.12. The molecule has 0 aliphatic heterocycles. The smallest absolute Gasteiger partial charge is 0.222 e. The van der Waals surface area contributed by atoms with E-state index in [-0.39, 0.29) is 5.91 Å². The Morgan fingerprint density at radius 1 is 1.29 bits per heavy atom. The molecule has 2 aromatic rings. The molecule has 2 aromatic heterocycles. The van der Waals surface area contributed by atoms with Crippen LogP contribution in [0.3, 0.4) is 0 Å². The Morgan fingerprint density at radius 2 is 2.10 bits per heavy atom. The molecular weight excluding hydrogens is 268 g/mol. The van der Waals surface area contributed by atoms with E-state index >= 15 is 0 Å². The Bertz CT molecular complexity index is 631. The van der Waals surface area contributed by atoms with Crippen LogP contribution in [0.2, 0.25) is 0 Å². The van der Waals surface area contributed by atoms with Crippen LogP contribution in [0.15, 0.2) is 12.7 Å². The summed E-state index contributed by atoms with van der Waals surface area (Å²) >= 11 is 0. The molecule has 3 rings (SSSR count). The first-order valence-corrected chi connectivity index (χ1v) is 7.44. The standard InChI is InChI=1S/C14H20N6O/c15-13-12-14(17-8-16-13)20(9-18-12)7-6-11(21)19-10-4-2-1-3-5-10/h8-10H,1-7H2,(H,19,21)(H2,15,16,17). The number of carbonyl (C=O) groups excluding carboxylic acids is 1. The van der Waals surface area contributed by atoms with Gasteiger partial charge in [-0.2, -0.15) is 0 Å². The molecule has 0 bridgehead atoms. The molecule has 0 saturated heterocycles. The highest BCUT2D eigenvalue weighted by Crippen LogP contribution is 2.18. The van der Waals surface area contributed by atoms with Crippen LogP contribution in [-0.2, 0) is 11.3 Å². The zero-order chi connectivity index (χ0) is 14.7. The lowest BCUT2D eigenvalue weighted by atomic mass is 9.95. The van der Waals surface area contributed by atoms with Crippen LogP contribution in [-0.4, -0.2) is 31.5 Å². The normalized spacial score (nSPS) is 16.2. The summed E-state index contributed by atoms with van der Waals surface area (Å²) < 4.78 is 1.84. The minimum Gasteiger partial charge on any atom is -0.382 e. The average Bonchev–Trinajstić information content (AvgIpc) is 2.91. The summed E-state index contributed by atoms with van der Waals surface area (Å²) in [4.78, 5) is 24.3. The lowest BCUT2D eigenvalue weighted by Gasteiger charge is -2.22. The van der Waals surface area contributed by atoms with Crippen LogP contribution < -0.4 is 11.1 Å². The van der Waals surface area contributed by atoms with Gasteiger partial charge in [0.2, 0.25) is 5.91 Å². The van der Waals surface area contributed by atoms with Crippen molar-refractivity contribution in [2.45, 2.75) is 51.1 Å². The molecule has 1 saturated carbocycles.